The number of alkyl halides is 2. The van der Waals surface area contributed by atoms with Crippen molar-refractivity contribution in [2.24, 2.45) is 5.92 Å². The highest BCUT2D eigenvalue weighted by molar-refractivity contribution is 6.00. The summed E-state index contributed by atoms with van der Waals surface area (Å²) in [5.74, 6) is 0.173. The van der Waals surface area contributed by atoms with Crippen LogP contribution in [0.15, 0.2) is 24.3 Å². The number of nitrogens with one attached hydrogen (secondary N) is 1. The number of methoxy groups -OCH3 is 1. The second kappa shape index (κ2) is 9.32. The number of anilines is 1. The molecule has 2 saturated heterocycles. The van der Waals surface area contributed by atoms with Crippen LogP contribution in [0.4, 0.5) is 14.5 Å². The lowest BCUT2D eigenvalue weighted by Gasteiger charge is -2.35. The lowest BCUT2D eigenvalue weighted by Crippen LogP contribution is -2.54. The maximum Gasteiger partial charge on any atom is 0.251 e. The van der Waals surface area contributed by atoms with E-state index in [2.05, 4.69) is 5.32 Å². The molecule has 8 heteroatoms. The fourth-order valence-electron chi connectivity index (χ4n) is 3.91. The van der Waals surface area contributed by atoms with Crippen LogP contribution in [0.1, 0.15) is 25.7 Å². The summed E-state index contributed by atoms with van der Waals surface area (Å²) in [5, 5.41) is 2.89. The van der Waals surface area contributed by atoms with E-state index in [0.717, 1.165) is 12.1 Å². The van der Waals surface area contributed by atoms with Crippen LogP contribution in [-0.2, 0) is 9.59 Å². The van der Waals surface area contributed by atoms with Crippen LogP contribution in [-0.4, -0.2) is 62.5 Å². The van der Waals surface area contributed by atoms with Gasteiger partial charge in [0.25, 0.3) is 6.43 Å². The summed E-state index contributed by atoms with van der Waals surface area (Å²) in [5.41, 5.74) is 0.753. The van der Waals surface area contributed by atoms with Crippen molar-refractivity contribution >= 4 is 17.5 Å². The van der Waals surface area contributed by atoms with Crippen LogP contribution >= 0.6 is 0 Å². The Morgan fingerprint density at radius 2 is 2.00 bits per heavy atom. The van der Waals surface area contributed by atoms with Gasteiger partial charge in [0.05, 0.1) is 13.7 Å². The number of carbonyl (C=O) groups is 2. The van der Waals surface area contributed by atoms with E-state index in [1.807, 2.05) is 18.2 Å². The van der Waals surface area contributed by atoms with Crippen molar-refractivity contribution in [3.05, 3.63) is 24.3 Å². The topological polar surface area (TPSA) is 61.9 Å². The second-order valence-corrected chi connectivity index (χ2v) is 7.36. The maximum atomic E-state index is 12.9. The van der Waals surface area contributed by atoms with Gasteiger partial charge >= 0.3 is 0 Å². The molecule has 1 unspecified atom stereocenters. The first-order valence-electron chi connectivity index (χ1n) is 9.74. The predicted octanol–water partition coefficient (Wildman–Crippen LogP) is 2.28. The first-order chi connectivity index (χ1) is 13.5. The maximum absolute atomic E-state index is 12.9. The number of hydrogen-bond acceptors (Lipinski definition) is 4. The first-order valence-corrected chi connectivity index (χ1v) is 9.74. The van der Waals surface area contributed by atoms with Crippen molar-refractivity contribution in [1.82, 2.24) is 10.2 Å². The number of carbonyl (C=O) groups excluding carboxylic acids is 2. The van der Waals surface area contributed by atoms with E-state index in [0.29, 0.717) is 44.6 Å². The fourth-order valence-corrected chi connectivity index (χ4v) is 3.91. The van der Waals surface area contributed by atoms with Crippen LogP contribution < -0.4 is 15.0 Å². The number of hydrogen-bond donors (Lipinski definition) is 1. The zero-order valence-electron chi connectivity index (χ0n) is 16.1. The number of halogens is 2. The molecule has 0 saturated carbocycles. The van der Waals surface area contributed by atoms with Gasteiger partial charge in [0.2, 0.25) is 11.8 Å². The van der Waals surface area contributed by atoms with Crippen LogP contribution in [0.3, 0.4) is 0 Å². The summed E-state index contributed by atoms with van der Waals surface area (Å²) in [6.45, 7) is 1.32. The number of rotatable bonds is 6. The van der Waals surface area contributed by atoms with Gasteiger partial charge < -0.3 is 15.0 Å². The minimum absolute atomic E-state index is 0.122. The smallest absolute Gasteiger partial charge is 0.251 e. The van der Waals surface area contributed by atoms with Crippen molar-refractivity contribution in [2.75, 3.05) is 38.2 Å². The summed E-state index contributed by atoms with van der Waals surface area (Å²) in [4.78, 5) is 28.9. The van der Waals surface area contributed by atoms with Crippen molar-refractivity contribution in [1.29, 1.82) is 0 Å². The quantitative estimate of drug-likeness (QED) is 0.803. The highest BCUT2D eigenvalue weighted by atomic mass is 19.3. The Kier molecular flexibility index (Phi) is 6.83. The largest absolute Gasteiger partial charge is 0.497 e. The van der Waals surface area contributed by atoms with E-state index in [1.54, 1.807) is 23.0 Å². The van der Waals surface area contributed by atoms with Gasteiger partial charge in [-0.1, -0.05) is 6.07 Å². The van der Waals surface area contributed by atoms with Gasteiger partial charge in [-0.15, -0.1) is 0 Å². The third-order valence-corrected chi connectivity index (χ3v) is 5.47. The summed E-state index contributed by atoms with van der Waals surface area (Å²) in [6.07, 6.45) is 0.126. The van der Waals surface area contributed by atoms with Crippen molar-refractivity contribution in [2.45, 2.75) is 38.2 Å². The lowest BCUT2D eigenvalue weighted by molar-refractivity contribution is -0.131. The molecule has 2 fully saturated rings. The Labute approximate surface area is 163 Å². The summed E-state index contributed by atoms with van der Waals surface area (Å²) in [7, 11) is 1.58. The minimum Gasteiger partial charge on any atom is -0.497 e. The van der Waals surface area contributed by atoms with E-state index >= 15 is 0 Å². The molecule has 1 aromatic carbocycles. The molecule has 1 aromatic rings. The zero-order chi connectivity index (χ0) is 20.1. The number of benzene rings is 1. The number of amides is 2. The number of piperidine rings is 2. The average molecular weight is 395 g/mol. The molecule has 28 heavy (non-hydrogen) atoms. The molecule has 0 bridgehead atoms. The van der Waals surface area contributed by atoms with Gasteiger partial charge in [-0.25, -0.2) is 8.78 Å². The van der Waals surface area contributed by atoms with E-state index in [9.17, 15) is 18.4 Å². The van der Waals surface area contributed by atoms with Gasteiger partial charge in [-0.05, 0) is 50.9 Å². The minimum atomic E-state index is -2.35. The van der Waals surface area contributed by atoms with Crippen LogP contribution in [0.25, 0.3) is 0 Å². The molecule has 0 spiro atoms. The van der Waals surface area contributed by atoms with Crippen LogP contribution in [0.5, 0.6) is 5.75 Å². The SMILES string of the molecule is COc1cccc(N2CCCC(NC(=O)C3CCN(CC(F)F)CC3)C2=O)c1. The monoisotopic (exact) mass is 395 g/mol. The van der Waals surface area contributed by atoms with Crippen LogP contribution in [0, 0.1) is 5.92 Å². The third-order valence-electron chi connectivity index (χ3n) is 5.47. The Morgan fingerprint density at radius 3 is 2.68 bits per heavy atom. The van der Waals surface area contributed by atoms with E-state index in [4.69, 9.17) is 4.74 Å². The highest BCUT2D eigenvalue weighted by Gasteiger charge is 2.33. The molecule has 1 atom stereocenters. The van der Waals surface area contributed by atoms with E-state index in [1.165, 1.54) is 0 Å². The molecule has 2 aliphatic rings. The molecule has 0 radical (unpaired) electrons. The third kappa shape index (κ3) is 4.98. The van der Waals surface area contributed by atoms with Crippen molar-refractivity contribution < 1.29 is 23.1 Å². The lowest BCUT2D eigenvalue weighted by atomic mass is 9.94. The highest BCUT2D eigenvalue weighted by Crippen LogP contribution is 2.26. The Bertz CT molecular complexity index is 693. The Hall–Kier alpha value is -2.22. The van der Waals surface area contributed by atoms with Gasteiger partial charge in [-0.2, -0.15) is 0 Å². The fraction of sp³-hybridized carbons (Fsp3) is 0.600. The van der Waals surface area contributed by atoms with Gasteiger partial charge in [0.15, 0.2) is 0 Å². The van der Waals surface area contributed by atoms with Gasteiger partial charge in [0, 0.05) is 24.2 Å². The second-order valence-electron chi connectivity index (χ2n) is 7.36. The molecule has 154 valence electrons. The summed E-state index contributed by atoms with van der Waals surface area (Å²) < 4.78 is 30.2. The molecule has 2 heterocycles. The Morgan fingerprint density at radius 1 is 1.25 bits per heavy atom. The molecule has 0 aliphatic carbocycles. The number of ether oxygens (including phenoxy) is 1. The standard InChI is InChI=1S/C20H27F2N3O3/c1-28-16-5-2-4-15(12-16)25-9-3-6-17(20(25)27)23-19(26)14-7-10-24(11-8-14)13-18(21)22/h2,4-5,12,14,17-18H,3,6-11,13H2,1H3,(H,23,26). The molecule has 1 N–H and O–H groups in total. The molecule has 0 aromatic heterocycles. The number of likely N-dealkylation sites (tertiary alicyclic amines) is 1. The predicted molar refractivity (Wildman–Crippen MR) is 102 cm³/mol. The summed E-state index contributed by atoms with van der Waals surface area (Å²) in [6, 6.07) is 6.75. The van der Waals surface area contributed by atoms with E-state index in [-0.39, 0.29) is 24.3 Å². The molecule has 2 amide bonds. The van der Waals surface area contributed by atoms with Crippen molar-refractivity contribution in [3.63, 3.8) is 0 Å². The van der Waals surface area contributed by atoms with Gasteiger partial charge in [0.1, 0.15) is 11.8 Å². The van der Waals surface area contributed by atoms with Crippen LogP contribution in [0.2, 0.25) is 0 Å². The molecule has 6 nitrogen and oxygen atoms in total. The normalized spacial score (nSPS) is 21.8. The molecule has 2 aliphatic heterocycles. The number of nitrogens with zero attached hydrogens (tertiary/aromatic N) is 2. The molecule has 3 rings (SSSR count). The van der Waals surface area contributed by atoms with Crippen molar-refractivity contribution in [3.8, 4) is 5.75 Å². The first kappa shape index (κ1) is 20.5. The Balaban J connectivity index is 1.56. The molecular formula is C20H27F2N3O3. The molecular weight excluding hydrogens is 368 g/mol. The summed E-state index contributed by atoms with van der Waals surface area (Å²) >= 11 is 0. The average Bonchev–Trinajstić information content (AvgIpc) is 2.69. The van der Waals surface area contributed by atoms with Gasteiger partial charge in [-0.3, -0.25) is 14.5 Å². The van der Waals surface area contributed by atoms with E-state index < -0.39 is 12.5 Å². The zero-order valence-corrected chi connectivity index (χ0v) is 16.1.